The highest BCUT2D eigenvalue weighted by atomic mass is 16.5. The number of para-hydroxylation sites is 1. The second-order valence-electron chi connectivity index (χ2n) is 6.88. The van der Waals surface area contributed by atoms with Gasteiger partial charge < -0.3 is 20.1 Å². The van der Waals surface area contributed by atoms with Gasteiger partial charge in [-0.1, -0.05) is 42.5 Å². The van der Waals surface area contributed by atoms with Gasteiger partial charge in [-0.25, -0.2) is 4.98 Å². The number of nitrogens with one attached hydrogen (secondary N) is 2. The predicted molar refractivity (Wildman–Crippen MR) is 121 cm³/mol. The normalized spacial score (nSPS) is 11.7. The number of aromatic nitrogens is 2. The van der Waals surface area contributed by atoms with E-state index in [0.29, 0.717) is 11.7 Å². The van der Waals surface area contributed by atoms with Crippen molar-refractivity contribution in [2.45, 2.75) is 13.0 Å². The topological polar surface area (TPSA) is 68.3 Å². The average Bonchev–Trinajstić information content (AvgIpc) is 2.79. The van der Waals surface area contributed by atoms with Crippen molar-refractivity contribution in [3.63, 3.8) is 0 Å². The molecular formula is C24H24N4O2. The molecule has 0 fully saturated rings. The maximum atomic E-state index is 5.47. The van der Waals surface area contributed by atoms with E-state index < -0.39 is 0 Å². The molecule has 6 heteroatoms. The van der Waals surface area contributed by atoms with Crippen LogP contribution < -0.4 is 20.1 Å². The Morgan fingerprint density at radius 3 is 2.37 bits per heavy atom. The number of hydrogen-bond donors (Lipinski definition) is 2. The van der Waals surface area contributed by atoms with Crippen molar-refractivity contribution in [2.75, 3.05) is 24.9 Å². The number of nitrogens with zero attached hydrogens (tertiary/aromatic N) is 2. The van der Waals surface area contributed by atoms with Gasteiger partial charge in [-0.2, -0.15) is 4.98 Å². The first-order valence-electron chi connectivity index (χ1n) is 9.75. The second-order valence-corrected chi connectivity index (χ2v) is 6.88. The Morgan fingerprint density at radius 2 is 1.60 bits per heavy atom. The summed E-state index contributed by atoms with van der Waals surface area (Å²) >= 11 is 0. The van der Waals surface area contributed by atoms with Gasteiger partial charge in [0.25, 0.3) is 0 Å². The van der Waals surface area contributed by atoms with Crippen LogP contribution in [0.5, 0.6) is 11.5 Å². The van der Waals surface area contributed by atoms with Crippen molar-refractivity contribution in [1.29, 1.82) is 0 Å². The monoisotopic (exact) mass is 400 g/mol. The van der Waals surface area contributed by atoms with Crippen molar-refractivity contribution in [3.05, 3.63) is 78.4 Å². The van der Waals surface area contributed by atoms with Gasteiger partial charge in [0.2, 0.25) is 5.95 Å². The Hall–Kier alpha value is -3.80. The number of anilines is 3. The maximum absolute atomic E-state index is 5.47. The first-order valence-corrected chi connectivity index (χ1v) is 9.75. The summed E-state index contributed by atoms with van der Waals surface area (Å²) in [7, 11) is 3.26. The molecule has 0 aliphatic rings. The molecule has 1 heterocycles. The van der Waals surface area contributed by atoms with Crippen LogP contribution in [0, 0.1) is 0 Å². The van der Waals surface area contributed by atoms with E-state index in [-0.39, 0.29) is 6.04 Å². The highest BCUT2D eigenvalue weighted by Gasteiger charge is 2.13. The van der Waals surface area contributed by atoms with E-state index in [1.807, 2.05) is 60.7 Å². The zero-order valence-electron chi connectivity index (χ0n) is 17.2. The molecule has 6 nitrogen and oxygen atoms in total. The third-order valence-electron chi connectivity index (χ3n) is 4.91. The summed E-state index contributed by atoms with van der Waals surface area (Å²) in [6.45, 7) is 2.12. The summed E-state index contributed by atoms with van der Waals surface area (Å²) in [5, 5.41) is 7.77. The van der Waals surface area contributed by atoms with Gasteiger partial charge in [0, 0.05) is 17.5 Å². The molecule has 1 unspecified atom stereocenters. The molecule has 0 aliphatic carbocycles. The fourth-order valence-corrected chi connectivity index (χ4v) is 3.30. The van der Waals surface area contributed by atoms with E-state index in [1.165, 1.54) is 5.56 Å². The molecule has 0 amide bonds. The molecular weight excluding hydrogens is 376 g/mol. The number of fused-ring (bicyclic) bond motifs is 1. The van der Waals surface area contributed by atoms with Crippen LogP contribution in [-0.4, -0.2) is 24.2 Å². The van der Waals surface area contributed by atoms with Gasteiger partial charge in [-0.15, -0.1) is 0 Å². The molecule has 0 radical (unpaired) electrons. The van der Waals surface area contributed by atoms with Gasteiger partial charge in [0.15, 0.2) is 0 Å². The van der Waals surface area contributed by atoms with E-state index in [0.717, 1.165) is 28.2 Å². The first kappa shape index (κ1) is 19.5. The maximum Gasteiger partial charge on any atom is 0.229 e. The van der Waals surface area contributed by atoms with Gasteiger partial charge in [-0.05, 0) is 36.8 Å². The van der Waals surface area contributed by atoms with E-state index in [4.69, 9.17) is 14.5 Å². The smallest absolute Gasteiger partial charge is 0.229 e. The van der Waals surface area contributed by atoms with Gasteiger partial charge >= 0.3 is 0 Å². The quantitative estimate of drug-likeness (QED) is 0.423. The summed E-state index contributed by atoms with van der Waals surface area (Å²) in [6, 6.07) is 23.9. The van der Waals surface area contributed by atoms with Crippen LogP contribution in [0.15, 0.2) is 72.8 Å². The molecule has 30 heavy (non-hydrogen) atoms. The molecule has 0 saturated carbocycles. The minimum Gasteiger partial charge on any atom is -0.497 e. The molecule has 0 saturated heterocycles. The van der Waals surface area contributed by atoms with Crippen LogP contribution in [0.25, 0.3) is 10.9 Å². The van der Waals surface area contributed by atoms with Crippen LogP contribution in [0.3, 0.4) is 0 Å². The standard InChI is InChI=1S/C24H24N4O2/c1-16(17-9-5-4-6-10-17)25-23-19-11-7-8-12-20(19)26-24(28-23)27-21-15-18(29-2)13-14-22(21)30-3/h4-16H,1-3H3,(H2,25,26,27,28). The molecule has 3 aromatic carbocycles. The SMILES string of the molecule is COc1ccc(OC)c(Nc2nc(NC(C)c3ccccc3)c3ccccc3n2)c1. The third kappa shape index (κ3) is 4.12. The number of methoxy groups -OCH3 is 2. The number of benzene rings is 3. The first-order chi connectivity index (χ1) is 14.7. The molecule has 2 N–H and O–H groups in total. The molecule has 152 valence electrons. The molecule has 0 spiro atoms. The lowest BCUT2D eigenvalue weighted by atomic mass is 10.1. The zero-order valence-corrected chi connectivity index (χ0v) is 17.2. The Kier molecular flexibility index (Phi) is 5.66. The summed E-state index contributed by atoms with van der Waals surface area (Å²) in [5.41, 5.74) is 2.76. The molecule has 0 bridgehead atoms. The van der Waals surface area contributed by atoms with E-state index >= 15 is 0 Å². The number of hydrogen-bond acceptors (Lipinski definition) is 6. The van der Waals surface area contributed by atoms with E-state index in [9.17, 15) is 0 Å². The van der Waals surface area contributed by atoms with Crippen LogP contribution in [0.1, 0.15) is 18.5 Å². The Balaban J connectivity index is 1.72. The largest absolute Gasteiger partial charge is 0.497 e. The van der Waals surface area contributed by atoms with Crippen LogP contribution in [0.2, 0.25) is 0 Å². The summed E-state index contributed by atoms with van der Waals surface area (Å²) in [5.74, 6) is 2.64. The minimum atomic E-state index is 0.0868. The van der Waals surface area contributed by atoms with Crippen LogP contribution in [-0.2, 0) is 0 Å². The zero-order chi connectivity index (χ0) is 20.9. The third-order valence-corrected chi connectivity index (χ3v) is 4.91. The lowest BCUT2D eigenvalue weighted by Gasteiger charge is -2.18. The number of ether oxygens (including phenoxy) is 2. The van der Waals surface area contributed by atoms with Crippen molar-refractivity contribution in [1.82, 2.24) is 9.97 Å². The second kappa shape index (κ2) is 8.69. The fraction of sp³-hybridized carbons (Fsp3) is 0.167. The molecule has 4 aromatic rings. The highest BCUT2D eigenvalue weighted by Crippen LogP contribution is 2.32. The van der Waals surface area contributed by atoms with Crippen molar-refractivity contribution in [3.8, 4) is 11.5 Å². The lowest BCUT2D eigenvalue weighted by molar-refractivity contribution is 0.405. The Labute approximate surface area is 175 Å². The lowest BCUT2D eigenvalue weighted by Crippen LogP contribution is -2.10. The summed E-state index contributed by atoms with van der Waals surface area (Å²) < 4.78 is 10.8. The highest BCUT2D eigenvalue weighted by molar-refractivity contribution is 5.90. The van der Waals surface area contributed by atoms with Crippen molar-refractivity contribution >= 4 is 28.4 Å². The fourth-order valence-electron chi connectivity index (χ4n) is 3.30. The predicted octanol–water partition coefficient (Wildman–Crippen LogP) is 5.56. The molecule has 1 aromatic heterocycles. The van der Waals surface area contributed by atoms with Gasteiger partial charge in [0.1, 0.15) is 17.3 Å². The minimum absolute atomic E-state index is 0.0868. The Bertz CT molecular complexity index is 1150. The molecule has 1 atom stereocenters. The van der Waals surface area contributed by atoms with Crippen LogP contribution >= 0.6 is 0 Å². The van der Waals surface area contributed by atoms with Crippen LogP contribution in [0.4, 0.5) is 17.5 Å². The van der Waals surface area contributed by atoms with Gasteiger partial charge in [0.05, 0.1) is 25.4 Å². The van der Waals surface area contributed by atoms with Crippen molar-refractivity contribution < 1.29 is 9.47 Å². The molecule has 4 rings (SSSR count). The summed E-state index contributed by atoms with van der Waals surface area (Å²) in [6.07, 6.45) is 0. The van der Waals surface area contributed by atoms with Crippen molar-refractivity contribution in [2.24, 2.45) is 0 Å². The molecule has 0 aliphatic heterocycles. The van der Waals surface area contributed by atoms with E-state index in [2.05, 4.69) is 34.7 Å². The summed E-state index contributed by atoms with van der Waals surface area (Å²) in [4.78, 5) is 9.45. The van der Waals surface area contributed by atoms with E-state index in [1.54, 1.807) is 14.2 Å². The van der Waals surface area contributed by atoms with Gasteiger partial charge in [-0.3, -0.25) is 0 Å². The Morgan fingerprint density at radius 1 is 0.833 bits per heavy atom. The number of rotatable bonds is 7. The average molecular weight is 400 g/mol.